The van der Waals surface area contributed by atoms with Crippen molar-refractivity contribution in [1.29, 1.82) is 0 Å². The Kier molecular flexibility index (Phi) is 7.07. The molecule has 7 nitrogen and oxygen atoms in total. The Hall–Kier alpha value is -3.19. The van der Waals surface area contributed by atoms with E-state index in [1.54, 1.807) is 6.92 Å². The van der Waals surface area contributed by atoms with Gasteiger partial charge in [-0.05, 0) is 49.9 Å². The molecule has 2 aromatic carbocycles. The number of hydrazine groups is 1. The van der Waals surface area contributed by atoms with Crippen molar-refractivity contribution in [2.75, 3.05) is 13.6 Å². The van der Waals surface area contributed by atoms with Gasteiger partial charge in [-0.3, -0.25) is 19.9 Å². The number of hydrogen-bond acceptors (Lipinski definition) is 4. The summed E-state index contributed by atoms with van der Waals surface area (Å²) in [5, 5.41) is 3.52. The molecule has 0 aliphatic carbocycles. The second kappa shape index (κ2) is 9.75. The molecule has 4 amide bonds. The normalized spacial score (nSPS) is 18.4. The van der Waals surface area contributed by atoms with Crippen molar-refractivity contribution >= 4 is 17.8 Å². The van der Waals surface area contributed by atoms with Crippen LogP contribution in [0.3, 0.4) is 0 Å². The molecular formula is C24H30N4O3. The van der Waals surface area contributed by atoms with Crippen LogP contribution in [0.2, 0.25) is 0 Å². The lowest BCUT2D eigenvalue weighted by Crippen LogP contribution is -2.51. The van der Waals surface area contributed by atoms with E-state index in [-0.39, 0.29) is 6.54 Å². The predicted molar refractivity (Wildman–Crippen MR) is 119 cm³/mol. The summed E-state index contributed by atoms with van der Waals surface area (Å²) in [6.07, 6.45) is 2.07. The number of likely N-dealkylation sites (N-methyl/N-ethyl adjacent to an activating group) is 1. The number of carbonyl (C=O) groups excluding carboxylic acids is 3. The summed E-state index contributed by atoms with van der Waals surface area (Å²) in [4.78, 5) is 39.5. The number of rotatable bonds is 9. The highest BCUT2D eigenvalue weighted by Crippen LogP contribution is 2.22. The van der Waals surface area contributed by atoms with Crippen LogP contribution < -0.4 is 10.7 Å². The summed E-state index contributed by atoms with van der Waals surface area (Å²) in [6, 6.07) is 17.4. The Balaban J connectivity index is 1.52. The minimum absolute atomic E-state index is 0.0628. The van der Waals surface area contributed by atoms with Gasteiger partial charge in [-0.2, -0.15) is 5.01 Å². The van der Waals surface area contributed by atoms with Crippen molar-refractivity contribution in [2.24, 2.45) is 0 Å². The molecule has 0 spiro atoms. The molecule has 0 saturated carbocycles. The number of nitrogens with zero attached hydrogens (tertiary/aromatic N) is 2. The minimum atomic E-state index is -1.05. The fourth-order valence-electron chi connectivity index (χ4n) is 3.65. The molecule has 0 radical (unpaired) electrons. The van der Waals surface area contributed by atoms with Crippen molar-refractivity contribution in [3.8, 4) is 0 Å². The number of nitrogens with one attached hydrogen (secondary N) is 2. The zero-order valence-electron chi connectivity index (χ0n) is 18.4. The number of aryl methyl sites for hydroxylation is 2. The second-order valence-corrected chi connectivity index (χ2v) is 8.27. The maximum absolute atomic E-state index is 12.8. The van der Waals surface area contributed by atoms with Crippen molar-refractivity contribution in [1.82, 2.24) is 20.7 Å². The summed E-state index contributed by atoms with van der Waals surface area (Å²) in [5.74, 6) is -0.858. The van der Waals surface area contributed by atoms with Crippen molar-refractivity contribution in [3.63, 3.8) is 0 Å². The monoisotopic (exact) mass is 422 g/mol. The molecule has 0 aromatic heterocycles. The molecule has 1 saturated heterocycles. The van der Waals surface area contributed by atoms with Crippen LogP contribution in [0.25, 0.3) is 0 Å². The molecule has 1 aliphatic heterocycles. The van der Waals surface area contributed by atoms with E-state index in [1.165, 1.54) is 5.56 Å². The van der Waals surface area contributed by atoms with Gasteiger partial charge in [0.2, 0.25) is 0 Å². The number of hydrogen-bond donors (Lipinski definition) is 2. The summed E-state index contributed by atoms with van der Waals surface area (Å²) in [7, 11) is 1.82. The molecule has 1 aliphatic rings. The first-order valence-electron chi connectivity index (χ1n) is 10.6. The van der Waals surface area contributed by atoms with Crippen LogP contribution in [0.5, 0.6) is 0 Å². The summed E-state index contributed by atoms with van der Waals surface area (Å²) >= 11 is 0. The summed E-state index contributed by atoms with van der Waals surface area (Å²) in [5.41, 5.74) is 4.85. The van der Waals surface area contributed by atoms with Gasteiger partial charge in [-0.25, -0.2) is 4.79 Å². The van der Waals surface area contributed by atoms with Gasteiger partial charge >= 0.3 is 6.03 Å². The Morgan fingerprint density at radius 1 is 1.03 bits per heavy atom. The van der Waals surface area contributed by atoms with Crippen LogP contribution in [-0.2, 0) is 29.0 Å². The lowest BCUT2D eigenvalue weighted by Gasteiger charge is -2.22. The second-order valence-electron chi connectivity index (χ2n) is 8.27. The van der Waals surface area contributed by atoms with Gasteiger partial charge in [0.05, 0.1) is 6.54 Å². The first-order chi connectivity index (χ1) is 14.8. The summed E-state index contributed by atoms with van der Waals surface area (Å²) < 4.78 is 0. The SMILES string of the molecule is CCc1ccc(CN(C)CC(=O)NN2C(=O)N[C@@](C)(CCc3ccccc3)C2=O)cc1. The van der Waals surface area contributed by atoms with Crippen molar-refractivity contribution < 1.29 is 14.4 Å². The third-order valence-corrected chi connectivity index (χ3v) is 5.55. The molecule has 0 bridgehead atoms. The van der Waals surface area contributed by atoms with E-state index in [1.807, 2.05) is 54.4 Å². The number of benzene rings is 2. The van der Waals surface area contributed by atoms with E-state index in [9.17, 15) is 14.4 Å². The van der Waals surface area contributed by atoms with E-state index in [2.05, 4.69) is 29.8 Å². The molecular weight excluding hydrogens is 392 g/mol. The highest BCUT2D eigenvalue weighted by Gasteiger charge is 2.48. The van der Waals surface area contributed by atoms with E-state index in [0.29, 0.717) is 19.4 Å². The zero-order chi connectivity index (χ0) is 22.4. The molecule has 2 aromatic rings. The third-order valence-electron chi connectivity index (χ3n) is 5.55. The minimum Gasteiger partial charge on any atom is -0.322 e. The number of amides is 4. The van der Waals surface area contributed by atoms with E-state index >= 15 is 0 Å². The average molecular weight is 423 g/mol. The first-order valence-corrected chi connectivity index (χ1v) is 10.6. The van der Waals surface area contributed by atoms with Gasteiger partial charge < -0.3 is 5.32 Å². The largest absolute Gasteiger partial charge is 0.344 e. The molecule has 31 heavy (non-hydrogen) atoms. The standard InChI is InChI=1S/C24H30N4O3/c1-4-18-10-12-20(13-11-18)16-27(3)17-21(29)26-28-22(30)24(2,25-23(28)31)15-14-19-8-6-5-7-9-19/h5-13H,4,14-17H2,1-3H3,(H,25,31)(H,26,29)/t24-/m0/s1. The lowest BCUT2D eigenvalue weighted by atomic mass is 9.93. The number of urea groups is 1. The third kappa shape index (κ3) is 5.70. The molecule has 1 heterocycles. The number of carbonyl (C=O) groups is 3. The Morgan fingerprint density at radius 2 is 1.68 bits per heavy atom. The Labute approximate surface area is 183 Å². The quantitative estimate of drug-likeness (QED) is 0.609. The average Bonchev–Trinajstić information content (AvgIpc) is 2.97. The van der Waals surface area contributed by atoms with Gasteiger partial charge in [0.1, 0.15) is 5.54 Å². The molecule has 1 fully saturated rings. The van der Waals surface area contributed by atoms with Gasteiger partial charge in [-0.15, -0.1) is 0 Å². The fraction of sp³-hybridized carbons (Fsp3) is 0.375. The van der Waals surface area contributed by atoms with Crippen LogP contribution in [0.1, 0.15) is 37.0 Å². The van der Waals surface area contributed by atoms with Crippen LogP contribution in [0.15, 0.2) is 54.6 Å². The van der Waals surface area contributed by atoms with Crippen molar-refractivity contribution in [2.45, 2.75) is 45.2 Å². The van der Waals surface area contributed by atoms with Crippen LogP contribution >= 0.6 is 0 Å². The summed E-state index contributed by atoms with van der Waals surface area (Å²) in [6.45, 7) is 4.45. The van der Waals surface area contributed by atoms with Gasteiger partial charge in [0, 0.05) is 6.54 Å². The lowest BCUT2D eigenvalue weighted by molar-refractivity contribution is -0.139. The van der Waals surface area contributed by atoms with Crippen LogP contribution in [-0.4, -0.2) is 46.9 Å². The van der Waals surface area contributed by atoms with E-state index < -0.39 is 23.4 Å². The molecule has 2 N–H and O–H groups in total. The Morgan fingerprint density at radius 3 is 2.32 bits per heavy atom. The maximum Gasteiger partial charge on any atom is 0.344 e. The topological polar surface area (TPSA) is 81.8 Å². The molecule has 7 heteroatoms. The van der Waals surface area contributed by atoms with Gasteiger partial charge in [0.15, 0.2) is 0 Å². The number of imide groups is 1. The first kappa shape index (κ1) is 22.5. The van der Waals surface area contributed by atoms with E-state index in [0.717, 1.165) is 22.6 Å². The molecule has 0 unspecified atom stereocenters. The maximum atomic E-state index is 12.8. The van der Waals surface area contributed by atoms with Gasteiger partial charge in [0.25, 0.3) is 11.8 Å². The van der Waals surface area contributed by atoms with Crippen molar-refractivity contribution in [3.05, 3.63) is 71.3 Å². The highest BCUT2D eigenvalue weighted by molar-refractivity contribution is 6.07. The highest BCUT2D eigenvalue weighted by atomic mass is 16.2. The molecule has 3 rings (SSSR count). The fourth-order valence-corrected chi connectivity index (χ4v) is 3.65. The predicted octanol–water partition coefficient (Wildman–Crippen LogP) is 2.66. The smallest absolute Gasteiger partial charge is 0.322 e. The zero-order valence-corrected chi connectivity index (χ0v) is 18.4. The van der Waals surface area contributed by atoms with Crippen LogP contribution in [0, 0.1) is 0 Å². The van der Waals surface area contributed by atoms with Gasteiger partial charge in [-0.1, -0.05) is 61.5 Å². The van der Waals surface area contributed by atoms with Crippen LogP contribution in [0.4, 0.5) is 4.79 Å². The molecule has 164 valence electrons. The van der Waals surface area contributed by atoms with E-state index in [4.69, 9.17) is 0 Å². The molecule has 1 atom stereocenters. The Bertz CT molecular complexity index is 930.